The molecule has 0 bridgehead atoms. The standard InChI is InChI=1S/C15H23NO/c1-3-16-15-10-6-9-14(15)12-7-5-8-13(11-12)17-4-2/h5,7-8,11,14-16H,3-4,6,9-10H2,1-2H3. The number of likely N-dealkylation sites (N-methyl/N-ethyl adjacent to an activating group) is 1. The molecule has 1 N–H and O–H groups in total. The molecule has 1 aromatic rings. The summed E-state index contributed by atoms with van der Waals surface area (Å²) in [6.45, 7) is 6.02. The normalized spacial score (nSPS) is 23.9. The zero-order valence-electron chi connectivity index (χ0n) is 10.9. The van der Waals surface area contributed by atoms with Gasteiger partial charge in [0.1, 0.15) is 5.75 Å². The first-order chi connectivity index (χ1) is 8.35. The second-order valence-corrected chi connectivity index (χ2v) is 4.71. The van der Waals surface area contributed by atoms with Crippen LogP contribution in [0.25, 0.3) is 0 Å². The maximum absolute atomic E-state index is 5.58. The molecular formula is C15H23NO. The molecule has 17 heavy (non-hydrogen) atoms. The monoisotopic (exact) mass is 233 g/mol. The molecule has 1 aliphatic rings. The summed E-state index contributed by atoms with van der Waals surface area (Å²) in [4.78, 5) is 0. The minimum Gasteiger partial charge on any atom is -0.494 e. The van der Waals surface area contributed by atoms with Crippen molar-refractivity contribution in [3.8, 4) is 5.75 Å². The predicted octanol–water partition coefficient (Wildman–Crippen LogP) is 3.33. The molecule has 0 amide bonds. The van der Waals surface area contributed by atoms with Crippen LogP contribution in [-0.2, 0) is 0 Å². The summed E-state index contributed by atoms with van der Waals surface area (Å²) in [6, 6.07) is 9.26. The van der Waals surface area contributed by atoms with Crippen molar-refractivity contribution in [2.24, 2.45) is 0 Å². The van der Waals surface area contributed by atoms with Crippen LogP contribution in [0.1, 0.15) is 44.6 Å². The van der Waals surface area contributed by atoms with Crippen molar-refractivity contribution in [1.82, 2.24) is 5.32 Å². The van der Waals surface area contributed by atoms with E-state index in [2.05, 4.69) is 30.4 Å². The number of benzene rings is 1. The van der Waals surface area contributed by atoms with Crippen LogP contribution in [0.2, 0.25) is 0 Å². The van der Waals surface area contributed by atoms with Gasteiger partial charge in [0.15, 0.2) is 0 Å². The van der Waals surface area contributed by atoms with Crippen molar-refractivity contribution in [2.75, 3.05) is 13.2 Å². The quantitative estimate of drug-likeness (QED) is 0.842. The number of nitrogens with one attached hydrogen (secondary N) is 1. The Bertz CT molecular complexity index is 351. The molecule has 1 aliphatic carbocycles. The van der Waals surface area contributed by atoms with E-state index >= 15 is 0 Å². The Morgan fingerprint density at radius 1 is 1.29 bits per heavy atom. The zero-order valence-corrected chi connectivity index (χ0v) is 10.9. The smallest absolute Gasteiger partial charge is 0.119 e. The molecule has 2 nitrogen and oxygen atoms in total. The van der Waals surface area contributed by atoms with Gasteiger partial charge in [-0.15, -0.1) is 0 Å². The lowest BCUT2D eigenvalue weighted by molar-refractivity contribution is 0.339. The van der Waals surface area contributed by atoms with Crippen molar-refractivity contribution >= 4 is 0 Å². The Morgan fingerprint density at radius 3 is 2.94 bits per heavy atom. The van der Waals surface area contributed by atoms with E-state index in [-0.39, 0.29) is 0 Å². The molecule has 2 heteroatoms. The summed E-state index contributed by atoms with van der Waals surface area (Å²) in [6.07, 6.45) is 3.94. The van der Waals surface area contributed by atoms with Gasteiger partial charge in [-0.05, 0) is 49.9 Å². The minimum absolute atomic E-state index is 0.650. The Balaban J connectivity index is 2.12. The first kappa shape index (κ1) is 12.4. The van der Waals surface area contributed by atoms with E-state index in [4.69, 9.17) is 4.74 Å². The van der Waals surface area contributed by atoms with Gasteiger partial charge in [0, 0.05) is 6.04 Å². The summed E-state index contributed by atoms with van der Waals surface area (Å²) in [5.74, 6) is 1.67. The van der Waals surface area contributed by atoms with Crippen LogP contribution >= 0.6 is 0 Å². The van der Waals surface area contributed by atoms with Gasteiger partial charge in [0.05, 0.1) is 6.61 Å². The second-order valence-electron chi connectivity index (χ2n) is 4.71. The summed E-state index contributed by atoms with van der Waals surface area (Å²) >= 11 is 0. The fourth-order valence-electron chi connectivity index (χ4n) is 2.87. The molecule has 0 radical (unpaired) electrons. The van der Waals surface area contributed by atoms with E-state index in [1.54, 1.807) is 0 Å². The summed E-state index contributed by atoms with van der Waals surface area (Å²) in [7, 11) is 0. The van der Waals surface area contributed by atoms with Crippen molar-refractivity contribution in [1.29, 1.82) is 0 Å². The summed E-state index contributed by atoms with van der Waals surface area (Å²) in [5, 5.41) is 3.60. The van der Waals surface area contributed by atoms with Crippen LogP contribution in [-0.4, -0.2) is 19.2 Å². The third-order valence-electron chi connectivity index (χ3n) is 3.58. The molecule has 0 saturated heterocycles. The van der Waals surface area contributed by atoms with Gasteiger partial charge in [-0.3, -0.25) is 0 Å². The average Bonchev–Trinajstić information content (AvgIpc) is 2.79. The Hall–Kier alpha value is -1.02. The Kier molecular flexibility index (Phi) is 4.43. The van der Waals surface area contributed by atoms with E-state index < -0.39 is 0 Å². The van der Waals surface area contributed by atoms with Gasteiger partial charge in [0.2, 0.25) is 0 Å². The van der Waals surface area contributed by atoms with Crippen molar-refractivity contribution in [3.05, 3.63) is 29.8 Å². The lowest BCUT2D eigenvalue weighted by Gasteiger charge is -2.21. The highest BCUT2D eigenvalue weighted by atomic mass is 16.5. The number of hydrogen-bond donors (Lipinski definition) is 1. The molecule has 2 atom stereocenters. The highest BCUT2D eigenvalue weighted by Crippen LogP contribution is 2.35. The molecule has 0 aromatic heterocycles. The predicted molar refractivity (Wildman–Crippen MR) is 71.7 cm³/mol. The van der Waals surface area contributed by atoms with Crippen LogP contribution in [0.15, 0.2) is 24.3 Å². The highest BCUT2D eigenvalue weighted by Gasteiger charge is 2.27. The molecule has 1 aromatic carbocycles. The summed E-state index contributed by atoms with van der Waals surface area (Å²) < 4.78 is 5.58. The van der Waals surface area contributed by atoms with Gasteiger partial charge in [-0.2, -0.15) is 0 Å². The molecule has 0 heterocycles. The van der Waals surface area contributed by atoms with Crippen LogP contribution < -0.4 is 10.1 Å². The van der Waals surface area contributed by atoms with Crippen LogP contribution in [0.5, 0.6) is 5.75 Å². The van der Waals surface area contributed by atoms with Crippen molar-refractivity contribution in [3.63, 3.8) is 0 Å². The fourth-order valence-corrected chi connectivity index (χ4v) is 2.87. The van der Waals surface area contributed by atoms with E-state index in [1.165, 1.54) is 24.8 Å². The third kappa shape index (κ3) is 3.01. The van der Waals surface area contributed by atoms with Crippen molar-refractivity contribution in [2.45, 2.75) is 45.1 Å². The molecule has 0 aliphatic heterocycles. The third-order valence-corrected chi connectivity index (χ3v) is 3.58. The number of rotatable bonds is 5. The lowest BCUT2D eigenvalue weighted by Crippen LogP contribution is -2.30. The Labute approximate surface area is 104 Å². The van der Waals surface area contributed by atoms with Crippen LogP contribution in [0.3, 0.4) is 0 Å². The SMILES string of the molecule is CCNC1CCCC1c1cccc(OCC)c1. The highest BCUT2D eigenvalue weighted by molar-refractivity contribution is 5.32. The van der Waals surface area contributed by atoms with Gasteiger partial charge in [-0.1, -0.05) is 25.5 Å². The van der Waals surface area contributed by atoms with Crippen LogP contribution in [0, 0.1) is 0 Å². The van der Waals surface area contributed by atoms with Gasteiger partial charge in [-0.25, -0.2) is 0 Å². The van der Waals surface area contributed by atoms with Crippen LogP contribution in [0.4, 0.5) is 0 Å². The number of hydrogen-bond acceptors (Lipinski definition) is 2. The largest absolute Gasteiger partial charge is 0.494 e. The van der Waals surface area contributed by atoms with E-state index in [9.17, 15) is 0 Å². The van der Waals surface area contributed by atoms with Crippen molar-refractivity contribution < 1.29 is 4.74 Å². The van der Waals surface area contributed by atoms with Gasteiger partial charge >= 0.3 is 0 Å². The number of ether oxygens (including phenoxy) is 1. The average molecular weight is 233 g/mol. The van der Waals surface area contributed by atoms with E-state index in [0.29, 0.717) is 12.0 Å². The first-order valence-electron chi connectivity index (χ1n) is 6.81. The maximum atomic E-state index is 5.58. The van der Waals surface area contributed by atoms with E-state index in [1.807, 2.05) is 13.0 Å². The molecule has 1 saturated carbocycles. The minimum atomic E-state index is 0.650. The molecule has 1 fully saturated rings. The molecule has 0 spiro atoms. The van der Waals surface area contributed by atoms with Gasteiger partial charge in [0.25, 0.3) is 0 Å². The Morgan fingerprint density at radius 2 is 2.18 bits per heavy atom. The van der Waals surface area contributed by atoms with Gasteiger partial charge < -0.3 is 10.1 Å². The molecular weight excluding hydrogens is 210 g/mol. The fraction of sp³-hybridized carbons (Fsp3) is 0.600. The second kappa shape index (κ2) is 6.06. The molecule has 2 rings (SSSR count). The summed E-state index contributed by atoms with van der Waals surface area (Å²) in [5.41, 5.74) is 1.43. The molecule has 2 unspecified atom stereocenters. The van der Waals surface area contributed by atoms with E-state index in [0.717, 1.165) is 18.9 Å². The zero-order chi connectivity index (χ0) is 12.1. The lowest BCUT2D eigenvalue weighted by atomic mass is 9.94. The maximum Gasteiger partial charge on any atom is 0.119 e. The molecule has 94 valence electrons. The first-order valence-corrected chi connectivity index (χ1v) is 6.81. The topological polar surface area (TPSA) is 21.3 Å².